The maximum atomic E-state index is 6.59. The van der Waals surface area contributed by atoms with E-state index in [1.165, 1.54) is 59.5 Å². The molecule has 0 saturated carbocycles. The normalized spacial score (nSPS) is 12.5. The van der Waals surface area contributed by atoms with Gasteiger partial charge in [0.1, 0.15) is 11.2 Å². The quantitative estimate of drug-likeness (QED) is 0.0839. The maximum Gasteiger partial charge on any atom is 0.164 e. The molecule has 1 unspecified atom stereocenters. The van der Waals surface area contributed by atoms with Crippen molar-refractivity contribution in [3.05, 3.63) is 454 Å². The van der Waals surface area contributed by atoms with Crippen LogP contribution in [0.4, 0.5) is 0 Å². The van der Waals surface area contributed by atoms with E-state index in [0.717, 1.165) is 166 Å². The van der Waals surface area contributed by atoms with E-state index in [2.05, 4.69) is 437 Å². The highest BCUT2D eigenvalue weighted by atomic mass is 32.2. The predicted octanol–water partition coefficient (Wildman–Crippen LogP) is 32.8. The molecule has 0 bridgehead atoms. The molecule has 0 radical (unpaired) electrons. The first-order valence-corrected chi connectivity index (χ1v) is 45.9. The van der Waals surface area contributed by atoms with E-state index in [9.17, 15) is 0 Å². The molecule has 7 nitrogen and oxygen atoms in total. The third-order valence-electron chi connectivity index (χ3n) is 25.5. The molecule has 0 N–H and O–H groups in total. The van der Waals surface area contributed by atoms with Crippen LogP contribution < -0.4 is 0 Å². The Hall–Kier alpha value is -16.8. The first-order valence-electron chi connectivity index (χ1n) is 44.6. The van der Waals surface area contributed by atoms with E-state index < -0.39 is 10.5 Å². The lowest BCUT2D eigenvalue weighted by Crippen LogP contribution is -2.00. The third-order valence-corrected chi connectivity index (χ3v) is 27.7. The zero-order valence-electron chi connectivity index (χ0n) is 71.5. The second-order valence-corrected chi connectivity index (χ2v) is 35.5. The zero-order valence-corrected chi connectivity index (χ0v) is 72.3. The van der Waals surface area contributed by atoms with Crippen LogP contribution in [-0.4, -0.2) is 35.3 Å². The molecule has 20 aromatic carbocycles. The minimum absolute atomic E-state index is 0.519. The number of fused-ring (bicyclic) bond motifs is 10. The lowest BCUT2D eigenvalue weighted by molar-refractivity contribution is 0.669. The molecule has 614 valence electrons. The molecule has 0 spiro atoms. The van der Waals surface area contributed by atoms with Gasteiger partial charge in [0.05, 0.1) is 0 Å². The average Bonchev–Trinajstić information content (AvgIpc) is 1.59. The number of furan rings is 1. The summed E-state index contributed by atoms with van der Waals surface area (Å²) in [5, 5.41) is 13.8. The highest BCUT2D eigenvalue weighted by Crippen LogP contribution is 2.57. The molecule has 131 heavy (non-hydrogen) atoms. The summed E-state index contributed by atoms with van der Waals surface area (Å²) in [5.41, 5.74) is 30.1. The van der Waals surface area contributed by atoms with Crippen LogP contribution in [0, 0.1) is 0 Å². The second kappa shape index (κ2) is 33.2. The zero-order chi connectivity index (χ0) is 86.8. The second-order valence-electron chi connectivity index (χ2n) is 33.7. The van der Waals surface area contributed by atoms with Crippen molar-refractivity contribution < 1.29 is 4.42 Å². The van der Waals surface area contributed by atoms with E-state index in [-0.39, 0.29) is 0 Å². The molecular formula is C123H80N6OS. The van der Waals surface area contributed by atoms with Gasteiger partial charge in [0, 0.05) is 59.5 Å². The van der Waals surface area contributed by atoms with Crippen LogP contribution in [0.5, 0.6) is 0 Å². The van der Waals surface area contributed by atoms with E-state index in [0.29, 0.717) is 34.9 Å². The average molecular weight is 1690 g/mol. The van der Waals surface area contributed by atoms with Gasteiger partial charge in [-0.3, -0.25) is 0 Å². The SMILES string of the molecule is CC/C=C\c1cc(-c2ccc(-c3nc(-c4ccccc4)nc(-c4ccc5ccc(-c6cccc7oc8cc(-c9ccccc9)ccc8c67)cc5c4)n3)cc2)ccc1/C=S1/c2ccc(-c3cc(-c4ccccc4)cc(-c4ccccc4)c3)cc2-c2c(-c3ccc4ccc(-c5nc(-c6ccc(-c7cccc8ccccc78)cc6)nc(-c6ccc7ccccc7c6)n5)cc4c3)cccc21. The fourth-order valence-electron chi connectivity index (χ4n) is 18.9. The van der Waals surface area contributed by atoms with Crippen LogP contribution in [0.25, 0.3) is 240 Å². The monoisotopic (exact) mass is 1690 g/mol. The molecule has 1 aliphatic rings. The van der Waals surface area contributed by atoms with Crippen LogP contribution >= 0.6 is 10.5 Å². The van der Waals surface area contributed by atoms with Crippen LogP contribution in [0.1, 0.15) is 24.5 Å². The predicted molar refractivity (Wildman–Crippen MR) is 547 cm³/mol. The van der Waals surface area contributed by atoms with Crippen molar-refractivity contribution in [2.75, 3.05) is 0 Å². The summed E-state index contributed by atoms with van der Waals surface area (Å²) in [6.45, 7) is 2.21. The summed E-state index contributed by atoms with van der Waals surface area (Å²) in [5.74, 6) is 3.60. The third kappa shape index (κ3) is 14.8. The summed E-state index contributed by atoms with van der Waals surface area (Å²) in [7, 11) is -0.519. The van der Waals surface area contributed by atoms with Gasteiger partial charge in [0.25, 0.3) is 0 Å². The highest BCUT2D eigenvalue weighted by molar-refractivity contribution is 8.15. The lowest BCUT2D eigenvalue weighted by atomic mass is 9.90. The molecule has 1 atom stereocenters. The summed E-state index contributed by atoms with van der Waals surface area (Å²) >= 11 is 0. The van der Waals surface area contributed by atoms with Crippen molar-refractivity contribution in [2.24, 2.45) is 0 Å². The van der Waals surface area contributed by atoms with Crippen LogP contribution in [-0.2, 0) is 0 Å². The van der Waals surface area contributed by atoms with Crippen LogP contribution in [0.3, 0.4) is 0 Å². The Labute approximate surface area is 761 Å². The van der Waals surface area contributed by atoms with Gasteiger partial charge in [-0.15, -0.1) is 10.5 Å². The highest BCUT2D eigenvalue weighted by Gasteiger charge is 2.29. The van der Waals surface area contributed by atoms with Gasteiger partial charge in [-0.25, -0.2) is 29.9 Å². The Morgan fingerprint density at radius 2 is 0.618 bits per heavy atom. The van der Waals surface area contributed by atoms with Crippen LogP contribution in [0.2, 0.25) is 0 Å². The van der Waals surface area contributed by atoms with Gasteiger partial charge in [0.15, 0.2) is 34.9 Å². The fourth-order valence-corrected chi connectivity index (χ4v) is 21.1. The summed E-state index contributed by atoms with van der Waals surface area (Å²) in [6.07, 6.45) is 5.46. The molecule has 8 heteroatoms. The molecule has 3 aromatic heterocycles. The molecule has 0 saturated heterocycles. The maximum absolute atomic E-state index is 6.59. The van der Waals surface area contributed by atoms with Crippen LogP contribution in [0.15, 0.2) is 457 Å². The Balaban J connectivity index is 0.592. The Morgan fingerprint density at radius 3 is 1.22 bits per heavy atom. The van der Waals surface area contributed by atoms with Gasteiger partial charge in [-0.1, -0.05) is 365 Å². The number of benzene rings is 20. The summed E-state index contributed by atoms with van der Waals surface area (Å²) < 4.78 is 6.59. The van der Waals surface area contributed by atoms with Crippen molar-refractivity contribution in [1.82, 2.24) is 29.9 Å². The van der Waals surface area contributed by atoms with Crippen molar-refractivity contribution in [1.29, 1.82) is 0 Å². The Kier molecular flexibility index (Phi) is 19.7. The van der Waals surface area contributed by atoms with E-state index in [1.54, 1.807) is 0 Å². The minimum Gasteiger partial charge on any atom is -0.456 e. The molecule has 4 heterocycles. The molecule has 23 aromatic rings. The van der Waals surface area contributed by atoms with Crippen molar-refractivity contribution in [3.8, 4) is 168 Å². The van der Waals surface area contributed by atoms with Crippen molar-refractivity contribution in [3.63, 3.8) is 0 Å². The van der Waals surface area contributed by atoms with E-state index >= 15 is 0 Å². The standard InChI is InChI=1S/C123H80N6OS/c1-2-3-23-91-66-92(82-42-51-88(52-43-82)119-124-118(87-32-14-7-15-33-87)125-122(126-119)98-59-47-83-44-56-95(68-101(83)70-98)108-38-21-40-112-116(108)110-64-62-94(76-113(110)130-112)78-24-8-4-9-25-78)55-61-100(91)77-131-114-65-63-93(105-73-103(79-26-10-5-11-27-79)72-104(74-105)80-28-12-6-13-29-80)75-111(114)117-109(39-22-41-115(117)131)96-57-45-84-48-60-99(71-102(84)69-96)123-128-120(127-121(129-123)97-58-46-81-30-16-17-34-90(81)67-97)89-53-49-86(50-54-89)107-37-20-35-85-31-18-19-36-106(85)107/h3-77H,2H2,1H3/b23-3-. The molecule has 1 aliphatic heterocycles. The van der Waals surface area contributed by atoms with E-state index in [1.807, 2.05) is 24.3 Å². The Morgan fingerprint density at radius 1 is 0.221 bits per heavy atom. The molecule has 0 fully saturated rings. The Bertz CT molecular complexity index is 8480. The number of nitrogens with zero attached hydrogens (tertiary/aromatic N) is 6. The van der Waals surface area contributed by atoms with Gasteiger partial charge in [-0.05, 0) is 252 Å². The van der Waals surface area contributed by atoms with Crippen molar-refractivity contribution in [2.45, 2.75) is 23.1 Å². The van der Waals surface area contributed by atoms with Gasteiger partial charge in [0.2, 0.25) is 0 Å². The molecule has 0 aliphatic carbocycles. The summed E-state index contributed by atoms with van der Waals surface area (Å²) in [4.78, 5) is 34.3. The van der Waals surface area contributed by atoms with Gasteiger partial charge < -0.3 is 4.42 Å². The number of rotatable bonds is 17. The lowest BCUT2D eigenvalue weighted by Gasteiger charge is -2.14. The topological polar surface area (TPSA) is 90.5 Å². The first kappa shape index (κ1) is 77.8. The van der Waals surface area contributed by atoms with Gasteiger partial charge >= 0.3 is 0 Å². The molecule has 24 rings (SSSR count). The number of hydrogen-bond acceptors (Lipinski definition) is 7. The fraction of sp³-hybridized carbons (Fsp3) is 0.0163. The first-order chi connectivity index (χ1) is 64.8. The number of allylic oxidation sites excluding steroid dienone is 1. The molecular weight excluding hydrogens is 1610 g/mol. The minimum atomic E-state index is -0.519. The molecule has 0 amide bonds. The van der Waals surface area contributed by atoms with Gasteiger partial charge in [-0.2, -0.15) is 0 Å². The summed E-state index contributed by atoms with van der Waals surface area (Å²) in [6, 6.07) is 157. The largest absolute Gasteiger partial charge is 0.456 e. The van der Waals surface area contributed by atoms with E-state index in [4.69, 9.17) is 34.3 Å². The smallest absolute Gasteiger partial charge is 0.164 e. The van der Waals surface area contributed by atoms with Crippen molar-refractivity contribution >= 4 is 87.0 Å². The number of hydrogen-bond donors (Lipinski definition) is 0. The number of aromatic nitrogens is 6.